The second-order valence-electron chi connectivity index (χ2n) is 7.76. The lowest BCUT2D eigenvalue weighted by molar-refractivity contribution is -0.110. The number of hydrogen-bond acceptors (Lipinski definition) is 7. The summed E-state index contributed by atoms with van der Waals surface area (Å²) in [6, 6.07) is 10.6. The number of hydrogen-bond donors (Lipinski definition) is 3. The van der Waals surface area contributed by atoms with Crippen molar-refractivity contribution in [2.45, 2.75) is 33.1 Å². The monoisotopic (exact) mass is 411 g/mol. The van der Waals surface area contributed by atoms with E-state index in [0.717, 1.165) is 5.56 Å². The van der Waals surface area contributed by atoms with Crippen molar-refractivity contribution in [3.63, 3.8) is 0 Å². The Morgan fingerprint density at radius 1 is 1.07 bits per heavy atom. The number of carbonyl (C=O) groups excluding carboxylic acids is 1. The molecule has 0 aliphatic heterocycles. The first-order valence-corrected chi connectivity index (χ1v) is 9.37. The Labute approximate surface area is 177 Å². The third kappa shape index (κ3) is 5.50. The summed E-state index contributed by atoms with van der Waals surface area (Å²) in [5.41, 5.74) is 8.78. The summed E-state index contributed by atoms with van der Waals surface area (Å²) in [6.07, 6.45) is 0. The summed E-state index contributed by atoms with van der Waals surface area (Å²) in [6.45, 7) is 7.85. The molecule has 0 aliphatic rings. The molecule has 0 atom stereocenters. The van der Waals surface area contributed by atoms with Crippen molar-refractivity contribution < 1.29 is 14.3 Å². The molecule has 8 nitrogen and oxygen atoms in total. The van der Waals surface area contributed by atoms with E-state index < -0.39 is 5.91 Å². The Morgan fingerprint density at radius 2 is 1.77 bits per heavy atom. The van der Waals surface area contributed by atoms with Gasteiger partial charge in [0.2, 0.25) is 0 Å². The average Bonchev–Trinajstić information content (AvgIpc) is 2.67. The number of nitrogens with two attached hydrogens (primary N) is 2. The van der Waals surface area contributed by atoms with Gasteiger partial charge in [0.15, 0.2) is 5.71 Å². The van der Waals surface area contributed by atoms with E-state index in [4.69, 9.17) is 21.1 Å². The SMILES string of the molecule is COc1ccc(OC)c(N=C(C)/C(=N\N)C(=O)Nc2cc(N)cc(C(C)(C)C)c2)c1. The first kappa shape index (κ1) is 22.7. The largest absolute Gasteiger partial charge is 0.497 e. The number of anilines is 2. The predicted octanol–water partition coefficient (Wildman–Crippen LogP) is 3.63. The standard InChI is InChI=1S/C22H29N5O3/c1-13(25-18-12-17(29-5)7-8-19(18)30-6)20(27-24)21(28)26-16-10-14(22(2,3)4)9-15(23)11-16/h7-12H,23-24H2,1-6H3,(H,26,28)/b25-13?,27-20+. The molecule has 0 bridgehead atoms. The van der Waals surface area contributed by atoms with Crippen LogP contribution in [0.4, 0.5) is 17.1 Å². The van der Waals surface area contributed by atoms with E-state index in [9.17, 15) is 4.79 Å². The van der Waals surface area contributed by atoms with Crippen LogP contribution in [0.2, 0.25) is 0 Å². The van der Waals surface area contributed by atoms with E-state index >= 15 is 0 Å². The fourth-order valence-corrected chi connectivity index (χ4v) is 2.78. The van der Waals surface area contributed by atoms with Crippen LogP contribution in [-0.4, -0.2) is 31.6 Å². The number of nitrogens with zero attached hydrogens (tertiary/aromatic N) is 2. The van der Waals surface area contributed by atoms with Gasteiger partial charge in [-0.2, -0.15) is 5.10 Å². The van der Waals surface area contributed by atoms with Gasteiger partial charge < -0.3 is 26.4 Å². The van der Waals surface area contributed by atoms with Crippen LogP contribution in [0.5, 0.6) is 11.5 Å². The van der Waals surface area contributed by atoms with Crippen LogP contribution in [0.1, 0.15) is 33.3 Å². The van der Waals surface area contributed by atoms with Gasteiger partial charge >= 0.3 is 0 Å². The van der Waals surface area contributed by atoms with Crippen LogP contribution in [0.3, 0.4) is 0 Å². The van der Waals surface area contributed by atoms with Crippen molar-refractivity contribution >= 4 is 34.4 Å². The maximum Gasteiger partial charge on any atom is 0.277 e. The Bertz CT molecular complexity index is 991. The van der Waals surface area contributed by atoms with E-state index in [0.29, 0.717) is 34.3 Å². The summed E-state index contributed by atoms with van der Waals surface area (Å²) in [7, 11) is 3.09. The number of ether oxygens (including phenoxy) is 2. The summed E-state index contributed by atoms with van der Waals surface area (Å²) >= 11 is 0. The molecule has 30 heavy (non-hydrogen) atoms. The lowest BCUT2D eigenvalue weighted by Crippen LogP contribution is -2.30. The van der Waals surface area contributed by atoms with Crippen molar-refractivity contribution in [2.75, 3.05) is 25.3 Å². The van der Waals surface area contributed by atoms with Gasteiger partial charge in [0.1, 0.15) is 17.2 Å². The lowest BCUT2D eigenvalue weighted by atomic mass is 9.86. The second-order valence-corrected chi connectivity index (χ2v) is 7.76. The molecule has 0 fully saturated rings. The van der Waals surface area contributed by atoms with Crippen molar-refractivity contribution in [3.05, 3.63) is 42.0 Å². The van der Waals surface area contributed by atoms with Crippen molar-refractivity contribution in [2.24, 2.45) is 15.9 Å². The Morgan fingerprint density at radius 3 is 2.33 bits per heavy atom. The topological polar surface area (TPSA) is 124 Å². The highest BCUT2D eigenvalue weighted by Gasteiger charge is 2.19. The fraction of sp³-hybridized carbons (Fsp3) is 0.318. The number of carbonyl (C=O) groups is 1. The number of hydrazone groups is 1. The molecule has 0 radical (unpaired) electrons. The zero-order valence-corrected chi connectivity index (χ0v) is 18.2. The normalized spacial score (nSPS) is 12.5. The zero-order valence-electron chi connectivity index (χ0n) is 18.2. The van der Waals surface area contributed by atoms with Crippen molar-refractivity contribution in [1.29, 1.82) is 0 Å². The van der Waals surface area contributed by atoms with Gasteiger partial charge in [-0.15, -0.1) is 0 Å². The minimum Gasteiger partial charge on any atom is -0.497 e. The highest BCUT2D eigenvalue weighted by molar-refractivity contribution is 6.68. The van der Waals surface area contributed by atoms with Crippen LogP contribution in [0, 0.1) is 0 Å². The molecule has 1 amide bonds. The quantitative estimate of drug-likeness (QED) is 0.290. The van der Waals surface area contributed by atoms with Gasteiger partial charge in [0.25, 0.3) is 5.91 Å². The highest BCUT2D eigenvalue weighted by Crippen LogP contribution is 2.32. The third-order valence-corrected chi connectivity index (χ3v) is 4.44. The first-order chi connectivity index (χ1) is 14.1. The van der Waals surface area contributed by atoms with Crippen molar-refractivity contribution in [3.8, 4) is 11.5 Å². The summed E-state index contributed by atoms with van der Waals surface area (Å²) < 4.78 is 10.6. The minimum atomic E-state index is -0.494. The summed E-state index contributed by atoms with van der Waals surface area (Å²) in [5, 5.41) is 6.44. The minimum absolute atomic E-state index is 0.0143. The molecule has 0 spiro atoms. The molecule has 0 aliphatic carbocycles. The molecule has 0 aromatic heterocycles. The van der Waals surface area contributed by atoms with Gasteiger partial charge in [0, 0.05) is 17.4 Å². The number of rotatable bonds is 6. The maximum atomic E-state index is 12.8. The van der Waals surface area contributed by atoms with Gasteiger partial charge in [-0.05, 0) is 48.2 Å². The number of amides is 1. The lowest BCUT2D eigenvalue weighted by Gasteiger charge is -2.21. The molecular formula is C22H29N5O3. The van der Waals surface area contributed by atoms with E-state index in [1.807, 2.05) is 12.1 Å². The molecule has 0 saturated carbocycles. The van der Waals surface area contributed by atoms with Crippen LogP contribution >= 0.6 is 0 Å². The molecular weight excluding hydrogens is 382 g/mol. The van der Waals surface area contributed by atoms with Gasteiger partial charge in [-0.25, -0.2) is 4.99 Å². The number of nitrogens with one attached hydrogen (secondary N) is 1. The molecule has 8 heteroatoms. The van der Waals surface area contributed by atoms with Crippen LogP contribution < -0.4 is 26.4 Å². The first-order valence-electron chi connectivity index (χ1n) is 9.37. The Balaban J connectivity index is 2.34. The molecule has 2 aromatic rings. The predicted molar refractivity (Wildman–Crippen MR) is 122 cm³/mol. The molecule has 2 rings (SSSR count). The smallest absolute Gasteiger partial charge is 0.277 e. The van der Waals surface area contributed by atoms with Crippen molar-refractivity contribution in [1.82, 2.24) is 0 Å². The van der Waals surface area contributed by atoms with E-state index in [1.54, 1.807) is 38.3 Å². The Kier molecular flexibility index (Phi) is 7.05. The zero-order chi connectivity index (χ0) is 22.5. The number of benzene rings is 2. The molecule has 2 aromatic carbocycles. The van der Waals surface area contributed by atoms with Gasteiger partial charge in [-0.3, -0.25) is 4.79 Å². The molecule has 160 valence electrons. The molecule has 5 N–H and O–H groups in total. The van der Waals surface area contributed by atoms with Crippen LogP contribution in [0.15, 0.2) is 46.5 Å². The number of nitrogen functional groups attached to an aromatic ring is 1. The average molecular weight is 412 g/mol. The van der Waals surface area contributed by atoms with Crippen LogP contribution in [0.25, 0.3) is 0 Å². The molecule has 0 heterocycles. The summed E-state index contributed by atoms with van der Waals surface area (Å²) in [5.74, 6) is 6.14. The van der Waals surface area contributed by atoms with Crippen LogP contribution in [-0.2, 0) is 10.2 Å². The van der Waals surface area contributed by atoms with E-state index in [2.05, 4.69) is 36.2 Å². The fourth-order valence-electron chi connectivity index (χ4n) is 2.78. The molecule has 0 saturated heterocycles. The van der Waals surface area contributed by atoms with E-state index in [1.165, 1.54) is 7.11 Å². The third-order valence-electron chi connectivity index (χ3n) is 4.44. The van der Waals surface area contributed by atoms with E-state index in [-0.39, 0.29) is 11.1 Å². The van der Waals surface area contributed by atoms with Gasteiger partial charge in [-0.1, -0.05) is 20.8 Å². The summed E-state index contributed by atoms with van der Waals surface area (Å²) in [4.78, 5) is 17.3. The second kappa shape index (κ2) is 9.30. The maximum absolute atomic E-state index is 12.8. The Hall–Kier alpha value is -3.55. The number of aliphatic imine (C=N–C) groups is 1. The molecule has 0 unspecified atom stereocenters. The highest BCUT2D eigenvalue weighted by atomic mass is 16.5. The van der Waals surface area contributed by atoms with Gasteiger partial charge in [0.05, 0.1) is 19.9 Å². The number of methoxy groups -OCH3 is 2.